The van der Waals surface area contributed by atoms with E-state index < -0.39 is 11.9 Å². The zero-order chi connectivity index (χ0) is 18.4. The molecule has 1 unspecified atom stereocenters. The summed E-state index contributed by atoms with van der Waals surface area (Å²) in [5.41, 5.74) is 1.15. The van der Waals surface area contributed by atoms with Gasteiger partial charge in [-0.1, -0.05) is 24.3 Å². The minimum atomic E-state index is -1.38. The third-order valence-electron chi connectivity index (χ3n) is 5.17. The number of benzene rings is 1. The number of piperazine rings is 1. The standard InChI is InChI=1S/C20H20N2O4/c1-21-6-8-22(9-7-21)11-12-10-15-16(20(26)17(12)23)19(25)14-5-3-2-4-13(14)18(15)24/h2-5,10-11,17,23,25H,6-9H2,1H3. The lowest BCUT2D eigenvalue weighted by Crippen LogP contribution is -2.42. The molecule has 1 atom stereocenters. The van der Waals surface area contributed by atoms with E-state index in [9.17, 15) is 19.8 Å². The van der Waals surface area contributed by atoms with E-state index in [1.54, 1.807) is 30.5 Å². The number of hydrogen-bond donors (Lipinski definition) is 2. The van der Waals surface area contributed by atoms with Gasteiger partial charge < -0.3 is 20.0 Å². The van der Waals surface area contributed by atoms with Crippen LogP contribution in [0.1, 0.15) is 15.9 Å². The van der Waals surface area contributed by atoms with Crippen molar-refractivity contribution < 1.29 is 19.8 Å². The SMILES string of the molecule is CN1CCN(C=C2C=C3C(=O)c4ccccc4C(O)=C3C(=O)C2O)CC1. The number of aliphatic hydroxyl groups is 2. The zero-order valence-corrected chi connectivity index (χ0v) is 14.5. The lowest BCUT2D eigenvalue weighted by atomic mass is 9.77. The fourth-order valence-electron chi connectivity index (χ4n) is 3.60. The summed E-state index contributed by atoms with van der Waals surface area (Å²) < 4.78 is 0. The average Bonchev–Trinajstić information content (AvgIpc) is 2.65. The summed E-state index contributed by atoms with van der Waals surface area (Å²) in [5, 5.41) is 21.0. The van der Waals surface area contributed by atoms with Gasteiger partial charge in [0, 0.05) is 54.7 Å². The van der Waals surface area contributed by atoms with Gasteiger partial charge in [0.15, 0.2) is 11.6 Å². The van der Waals surface area contributed by atoms with Crippen molar-refractivity contribution in [2.45, 2.75) is 6.10 Å². The Morgan fingerprint density at radius 3 is 2.42 bits per heavy atom. The van der Waals surface area contributed by atoms with Crippen LogP contribution < -0.4 is 0 Å². The van der Waals surface area contributed by atoms with E-state index in [0.29, 0.717) is 16.7 Å². The molecule has 1 aromatic rings. The lowest BCUT2D eigenvalue weighted by molar-refractivity contribution is -0.121. The van der Waals surface area contributed by atoms with Gasteiger partial charge in [-0.2, -0.15) is 0 Å². The van der Waals surface area contributed by atoms with Crippen LogP contribution in [-0.4, -0.2) is 70.9 Å². The number of nitrogens with zero attached hydrogens (tertiary/aromatic N) is 2. The fourth-order valence-corrected chi connectivity index (χ4v) is 3.60. The van der Waals surface area contributed by atoms with Crippen molar-refractivity contribution in [2.75, 3.05) is 33.2 Å². The summed E-state index contributed by atoms with van der Waals surface area (Å²) in [6.45, 7) is 3.36. The number of carbonyl (C=O) groups excluding carboxylic acids is 2. The highest BCUT2D eigenvalue weighted by Gasteiger charge is 2.40. The molecule has 0 spiro atoms. The second-order valence-electron chi connectivity index (χ2n) is 6.89. The Hall–Kier alpha value is -2.70. The third-order valence-corrected chi connectivity index (χ3v) is 5.17. The second kappa shape index (κ2) is 6.23. The average molecular weight is 352 g/mol. The van der Waals surface area contributed by atoms with E-state index in [2.05, 4.69) is 4.90 Å². The molecule has 2 aliphatic carbocycles. The Bertz CT molecular complexity index is 889. The molecule has 0 aromatic heterocycles. The number of allylic oxidation sites excluding steroid dienone is 1. The number of ketones is 2. The van der Waals surface area contributed by atoms with Gasteiger partial charge in [-0.05, 0) is 13.1 Å². The Kier molecular flexibility index (Phi) is 4.01. The molecule has 4 rings (SSSR count). The molecule has 1 aromatic carbocycles. The lowest BCUT2D eigenvalue weighted by Gasteiger charge is -2.33. The minimum absolute atomic E-state index is 0.0864. The predicted molar refractivity (Wildman–Crippen MR) is 96.6 cm³/mol. The van der Waals surface area contributed by atoms with Crippen LogP contribution in [0.2, 0.25) is 0 Å². The number of rotatable bonds is 1. The first kappa shape index (κ1) is 16.8. The van der Waals surface area contributed by atoms with E-state index >= 15 is 0 Å². The zero-order valence-electron chi connectivity index (χ0n) is 14.5. The number of hydrogen-bond acceptors (Lipinski definition) is 6. The van der Waals surface area contributed by atoms with Crippen molar-refractivity contribution in [1.29, 1.82) is 0 Å². The summed E-state index contributed by atoms with van der Waals surface area (Å²) in [7, 11) is 2.05. The summed E-state index contributed by atoms with van der Waals surface area (Å²) in [6, 6.07) is 6.64. The van der Waals surface area contributed by atoms with Crippen LogP contribution >= 0.6 is 0 Å². The molecule has 0 radical (unpaired) electrons. The molecule has 6 nitrogen and oxygen atoms in total. The molecule has 3 aliphatic rings. The van der Waals surface area contributed by atoms with Gasteiger partial charge in [0.05, 0.1) is 5.57 Å². The van der Waals surface area contributed by atoms with Crippen molar-refractivity contribution in [1.82, 2.24) is 9.80 Å². The van der Waals surface area contributed by atoms with E-state index in [1.165, 1.54) is 6.08 Å². The first-order valence-corrected chi connectivity index (χ1v) is 8.63. The van der Waals surface area contributed by atoms with Crippen molar-refractivity contribution in [2.24, 2.45) is 0 Å². The van der Waals surface area contributed by atoms with E-state index in [-0.39, 0.29) is 22.7 Å². The Labute approximate surface area is 151 Å². The van der Waals surface area contributed by atoms with Gasteiger partial charge in [-0.3, -0.25) is 9.59 Å². The van der Waals surface area contributed by atoms with Crippen LogP contribution in [0.25, 0.3) is 5.76 Å². The first-order valence-electron chi connectivity index (χ1n) is 8.63. The highest BCUT2D eigenvalue weighted by molar-refractivity contribution is 6.28. The van der Waals surface area contributed by atoms with Gasteiger partial charge in [-0.15, -0.1) is 0 Å². The van der Waals surface area contributed by atoms with Crippen LogP contribution in [0.5, 0.6) is 0 Å². The molecule has 0 saturated carbocycles. The Balaban J connectivity index is 1.79. The van der Waals surface area contributed by atoms with Crippen molar-refractivity contribution in [3.63, 3.8) is 0 Å². The molecular weight excluding hydrogens is 332 g/mol. The van der Waals surface area contributed by atoms with E-state index in [1.807, 2.05) is 11.9 Å². The molecule has 6 heteroatoms. The van der Waals surface area contributed by atoms with E-state index in [0.717, 1.165) is 26.2 Å². The van der Waals surface area contributed by atoms with Gasteiger partial charge in [0.2, 0.25) is 0 Å². The maximum absolute atomic E-state index is 12.8. The number of Topliss-reactive ketones (excluding diaryl/α,β-unsaturated/α-hetero) is 2. The fraction of sp³-hybridized carbons (Fsp3) is 0.300. The predicted octanol–water partition coefficient (Wildman–Crippen LogP) is 1.15. The first-order chi connectivity index (χ1) is 12.5. The largest absolute Gasteiger partial charge is 0.507 e. The molecule has 1 aliphatic heterocycles. The molecule has 0 amide bonds. The van der Waals surface area contributed by atoms with Gasteiger partial charge in [-0.25, -0.2) is 0 Å². The molecule has 0 bridgehead atoms. The number of aliphatic hydroxyl groups excluding tert-OH is 2. The summed E-state index contributed by atoms with van der Waals surface area (Å²) in [6.07, 6.45) is 1.91. The minimum Gasteiger partial charge on any atom is -0.507 e. The quantitative estimate of drug-likeness (QED) is 0.789. The molecular formula is C20H20N2O4. The maximum atomic E-state index is 12.8. The van der Waals surface area contributed by atoms with Crippen LogP contribution in [0.4, 0.5) is 0 Å². The Morgan fingerprint density at radius 1 is 1.08 bits per heavy atom. The molecule has 134 valence electrons. The molecule has 2 N–H and O–H groups in total. The smallest absolute Gasteiger partial charge is 0.200 e. The normalized spacial score (nSPS) is 25.3. The maximum Gasteiger partial charge on any atom is 0.200 e. The van der Waals surface area contributed by atoms with E-state index in [4.69, 9.17) is 0 Å². The molecule has 26 heavy (non-hydrogen) atoms. The van der Waals surface area contributed by atoms with Crippen LogP contribution in [-0.2, 0) is 4.79 Å². The number of carbonyl (C=O) groups is 2. The summed E-state index contributed by atoms with van der Waals surface area (Å²) in [5.74, 6) is -1.18. The number of fused-ring (bicyclic) bond motifs is 2. The van der Waals surface area contributed by atoms with Gasteiger partial charge in [0.1, 0.15) is 11.9 Å². The Morgan fingerprint density at radius 2 is 1.73 bits per heavy atom. The van der Waals surface area contributed by atoms with Gasteiger partial charge in [0.25, 0.3) is 0 Å². The highest BCUT2D eigenvalue weighted by atomic mass is 16.3. The third kappa shape index (κ3) is 2.58. The molecule has 1 heterocycles. The number of likely N-dealkylation sites (N-methyl/N-ethyl adjacent to an activating group) is 1. The topological polar surface area (TPSA) is 81.1 Å². The summed E-state index contributed by atoms with van der Waals surface area (Å²) >= 11 is 0. The van der Waals surface area contributed by atoms with Crippen molar-refractivity contribution in [3.8, 4) is 0 Å². The highest BCUT2D eigenvalue weighted by Crippen LogP contribution is 2.38. The monoisotopic (exact) mass is 352 g/mol. The summed E-state index contributed by atoms with van der Waals surface area (Å²) in [4.78, 5) is 29.8. The molecule has 1 saturated heterocycles. The molecule has 1 fully saturated rings. The van der Waals surface area contributed by atoms with Crippen LogP contribution in [0.3, 0.4) is 0 Å². The van der Waals surface area contributed by atoms with Crippen LogP contribution in [0, 0.1) is 0 Å². The second-order valence-corrected chi connectivity index (χ2v) is 6.89. The van der Waals surface area contributed by atoms with Crippen molar-refractivity contribution >= 4 is 17.3 Å². The van der Waals surface area contributed by atoms with Crippen LogP contribution in [0.15, 0.2) is 53.3 Å². The van der Waals surface area contributed by atoms with Gasteiger partial charge >= 0.3 is 0 Å². The van der Waals surface area contributed by atoms with Crippen molar-refractivity contribution in [3.05, 3.63) is 64.4 Å².